The number of rotatable bonds is 3. The number of hydrogen-bond donors (Lipinski definition) is 1. The summed E-state index contributed by atoms with van der Waals surface area (Å²) in [5.74, 6) is 1.02. The van der Waals surface area contributed by atoms with Crippen molar-refractivity contribution >= 4 is 11.3 Å². The maximum absolute atomic E-state index is 6.10. The molecular formula is C14H13N3OS. The second-order valence-corrected chi connectivity index (χ2v) is 5.30. The highest BCUT2D eigenvalue weighted by atomic mass is 32.1. The molecule has 5 heteroatoms. The largest absolute Gasteiger partial charge is 0.337 e. The molecule has 0 spiro atoms. The highest BCUT2D eigenvalue weighted by molar-refractivity contribution is 7.10. The van der Waals surface area contributed by atoms with Crippen molar-refractivity contribution in [3.8, 4) is 11.4 Å². The lowest BCUT2D eigenvalue weighted by atomic mass is 10.1. The molecule has 0 aliphatic rings. The normalized spacial score (nSPS) is 12.5. The molecule has 1 atom stereocenters. The highest BCUT2D eigenvalue weighted by Gasteiger charge is 2.18. The number of benzene rings is 1. The van der Waals surface area contributed by atoms with Crippen molar-refractivity contribution in [2.75, 3.05) is 0 Å². The van der Waals surface area contributed by atoms with Gasteiger partial charge >= 0.3 is 0 Å². The Morgan fingerprint density at radius 1 is 1.26 bits per heavy atom. The minimum absolute atomic E-state index is 0.356. The van der Waals surface area contributed by atoms with Crippen LogP contribution in [0.4, 0.5) is 0 Å². The van der Waals surface area contributed by atoms with Crippen LogP contribution in [0, 0.1) is 6.92 Å². The van der Waals surface area contributed by atoms with E-state index in [9.17, 15) is 0 Å². The summed E-state index contributed by atoms with van der Waals surface area (Å²) in [4.78, 5) is 5.39. The van der Waals surface area contributed by atoms with E-state index in [0.717, 1.165) is 16.0 Å². The Kier molecular flexibility index (Phi) is 3.15. The lowest BCUT2D eigenvalue weighted by molar-refractivity contribution is 0.368. The van der Waals surface area contributed by atoms with Crippen molar-refractivity contribution < 1.29 is 4.52 Å². The van der Waals surface area contributed by atoms with Gasteiger partial charge in [0, 0.05) is 10.4 Å². The zero-order valence-corrected chi connectivity index (χ0v) is 11.2. The molecule has 1 unspecified atom stereocenters. The third kappa shape index (κ3) is 2.43. The number of aryl methyl sites for hydroxylation is 1. The Labute approximate surface area is 114 Å². The van der Waals surface area contributed by atoms with Crippen LogP contribution < -0.4 is 5.73 Å². The predicted octanol–water partition coefficient (Wildman–Crippen LogP) is 3.15. The summed E-state index contributed by atoms with van der Waals surface area (Å²) >= 11 is 1.58. The summed E-state index contributed by atoms with van der Waals surface area (Å²) in [5.41, 5.74) is 8.19. The molecule has 0 fully saturated rings. The minimum atomic E-state index is -0.356. The third-order valence-electron chi connectivity index (χ3n) is 2.83. The Morgan fingerprint density at radius 3 is 2.89 bits per heavy atom. The van der Waals surface area contributed by atoms with Crippen LogP contribution >= 0.6 is 11.3 Å². The number of nitrogens with zero attached hydrogens (tertiary/aromatic N) is 2. The summed E-state index contributed by atoms with van der Waals surface area (Å²) in [6.45, 7) is 2.03. The zero-order valence-electron chi connectivity index (χ0n) is 10.4. The number of nitrogens with two attached hydrogens (primary N) is 1. The molecule has 2 aromatic heterocycles. The van der Waals surface area contributed by atoms with Gasteiger partial charge in [-0.25, -0.2) is 0 Å². The summed E-state index contributed by atoms with van der Waals surface area (Å²) in [6, 6.07) is 11.5. The summed E-state index contributed by atoms with van der Waals surface area (Å²) in [5, 5.41) is 5.98. The molecule has 2 heterocycles. The van der Waals surface area contributed by atoms with Gasteiger partial charge in [0.15, 0.2) is 0 Å². The third-order valence-corrected chi connectivity index (χ3v) is 3.79. The van der Waals surface area contributed by atoms with Crippen LogP contribution in [0.15, 0.2) is 46.3 Å². The molecule has 4 nitrogen and oxygen atoms in total. The standard InChI is InChI=1S/C14H13N3OS/c1-9-4-2-5-10(8-9)13-16-14(18-17-13)12(15)11-6-3-7-19-11/h2-8,12H,15H2,1H3. The van der Waals surface area contributed by atoms with Crippen molar-refractivity contribution in [1.82, 2.24) is 10.1 Å². The van der Waals surface area contributed by atoms with Gasteiger partial charge < -0.3 is 10.3 Å². The van der Waals surface area contributed by atoms with Crippen LogP contribution in [0.25, 0.3) is 11.4 Å². The monoisotopic (exact) mass is 271 g/mol. The van der Waals surface area contributed by atoms with Crippen LogP contribution in [0.3, 0.4) is 0 Å². The van der Waals surface area contributed by atoms with Gasteiger partial charge in [-0.3, -0.25) is 0 Å². The Balaban J connectivity index is 1.91. The van der Waals surface area contributed by atoms with Crippen molar-refractivity contribution in [1.29, 1.82) is 0 Å². The molecule has 96 valence electrons. The molecule has 3 rings (SSSR count). The van der Waals surface area contributed by atoms with Gasteiger partial charge in [0.1, 0.15) is 6.04 Å². The van der Waals surface area contributed by atoms with E-state index in [0.29, 0.717) is 11.7 Å². The predicted molar refractivity (Wildman–Crippen MR) is 74.8 cm³/mol. The zero-order chi connectivity index (χ0) is 13.2. The summed E-state index contributed by atoms with van der Waals surface area (Å²) < 4.78 is 5.27. The van der Waals surface area contributed by atoms with Gasteiger partial charge in [-0.05, 0) is 24.4 Å². The molecule has 0 aliphatic carbocycles. The van der Waals surface area contributed by atoms with Crippen LogP contribution in [-0.2, 0) is 0 Å². The van der Waals surface area contributed by atoms with E-state index in [-0.39, 0.29) is 6.04 Å². The fourth-order valence-electron chi connectivity index (χ4n) is 1.85. The quantitative estimate of drug-likeness (QED) is 0.794. The lowest BCUT2D eigenvalue weighted by Gasteiger charge is -2.01. The maximum atomic E-state index is 6.10. The average molecular weight is 271 g/mol. The molecule has 0 amide bonds. The molecular weight excluding hydrogens is 258 g/mol. The maximum Gasteiger partial charge on any atom is 0.249 e. The summed E-state index contributed by atoms with van der Waals surface area (Å²) in [6.07, 6.45) is 0. The molecule has 1 aromatic carbocycles. The highest BCUT2D eigenvalue weighted by Crippen LogP contribution is 2.24. The fraction of sp³-hybridized carbons (Fsp3) is 0.143. The number of hydrogen-bond acceptors (Lipinski definition) is 5. The molecule has 0 saturated carbocycles. The molecule has 0 radical (unpaired) electrons. The van der Waals surface area contributed by atoms with Crippen molar-refractivity contribution in [3.05, 3.63) is 58.1 Å². The first kappa shape index (κ1) is 12.1. The van der Waals surface area contributed by atoms with Gasteiger partial charge in [-0.1, -0.05) is 35.0 Å². The summed E-state index contributed by atoms with van der Waals surface area (Å²) in [7, 11) is 0. The second-order valence-electron chi connectivity index (χ2n) is 4.32. The van der Waals surface area contributed by atoms with Gasteiger partial charge in [-0.2, -0.15) is 4.98 Å². The molecule has 0 saturated heterocycles. The van der Waals surface area contributed by atoms with E-state index in [1.54, 1.807) is 11.3 Å². The van der Waals surface area contributed by atoms with Crippen molar-refractivity contribution in [2.45, 2.75) is 13.0 Å². The number of aromatic nitrogens is 2. The van der Waals surface area contributed by atoms with E-state index >= 15 is 0 Å². The van der Waals surface area contributed by atoms with E-state index in [2.05, 4.69) is 10.1 Å². The smallest absolute Gasteiger partial charge is 0.249 e. The second kappa shape index (κ2) is 4.95. The first-order valence-corrected chi connectivity index (χ1v) is 6.81. The van der Waals surface area contributed by atoms with Crippen molar-refractivity contribution in [3.63, 3.8) is 0 Å². The average Bonchev–Trinajstić information content (AvgIpc) is 3.10. The number of thiophene rings is 1. The molecule has 0 aliphatic heterocycles. The van der Waals surface area contributed by atoms with Gasteiger partial charge in [0.2, 0.25) is 11.7 Å². The first-order chi connectivity index (χ1) is 9.24. The van der Waals surface area contributed by atoms with Crippen LogP contribution in [0.5, 0.6) is 0 Å². The van der Waals surface area contributed by atoms with Gasteiger partial charge in [-0.15, -0.1) is 11.3 Å². The molecule has 0 bridgehead atoms. The van der Waals surface area contributed by atoms with E-state index in [4.69, 9.17) is 10.3 Å². The molecule has 3 aromatic rings. The van der Waals surface area contributed by atoms with E-state index in [1.165, 1.54) is 0 Å². The van der Waals surface area contributed by atoms with Crippen molar-refractivity contribution in [2.24, 2.45) is 5.73 Å². The minimum Gasteiger partial charge on any atom is -0.337 e. The van der Waals surface area contributed by atoms with E-state index < -0.39 is 0 Å². The van der Waals surface area contributed by atoms with Crippen LogP contribution in [0.2, 0.25) is 0 Å². The molecule has 2 N–H and O–H groups in total. The van der Waals surface area contributed by atoms with Gasteiger partial charge in [0.05, 0.1) is 0 Å². The molecule has 19 heavy (non-hydrogen) atoms. The van der Waals surface area contributed by atoms with Gasteiger partial charge in [0.25, 0.3) is 0 Å². The SMILES string of the molecule is Cc1cccc(-c2noc(C(N)c3cccs3)n2)c1. The van der Waals surface area contributed by atoms with Crippen LogP contribution in [-0.4, -0.2) is 10.1 Å². The Hall–Kier alpha value is -1.98. The van der Waals surface area contributed by atoms with E-state index in [1.807, 2.05) is 48.7 Å². The first-order valence-electron chi connectivity index (χ1n) is 5.93. The van der Waals surface area contributed by atoms with Crippen LogP contribution in [0.1, 0.15) is 22.4 Å². The topological polar surface area (TPSA) is 64.9 Å². The lowest BCUT2D eigenvalue weighted by Crippen LogP contribution is -2.10. The fourth-order valence-corrected chi connectivity index (χ4v) is 2.57. The Bertz CT molecular complexity index is 676. The Morgan fingerprint density at radius 2 is 2.16 bits per heavy atom.